The molecule has 1 aromatic heterocycles. The molecule has 2 aromatic rings. The molecule has 0 spiro atoms. The summed E-state index contributed by atoms with van der Waals surface area (Å²) < 4.78 is 18.4. The number of hydrogen-bond acceptors (Lipinski definition) is 4. The van der Waals surface area contributed by atoms with Gasteiger partial charge in [-0.15, -0.1) is 0 Å². The molecule has 0 unspecified atom stereocenters. The third-order valence-electron chi connectivity index (χ3n) is 2.95. The van der Waals surface area contributed by atoms with E-state index in [4.69, 9.17) is 4.74 Å². The fourth-order valence-electron chi connectivity index (χ4n) is 1.92. The van der Waals surface area contributed by atoms with Crippen LogP contribution in [-0.2, 0) is 6.54 Å². The van der Waals surface area contributed by atoms with Crippen molar-refractivity contribution in [1.82, 2.24) is 9.88 Å². The fourth-order valence-corrected chi connectivity index (χ4v) is 1.92. The SMILES string of the molecule is COc1ccc(CN(C)C(=O)c2cncc(O)c2)cc1F. The fraction of sp³-hybridized carbons (Fsp3) is 0.200. The van der Waals surface area contributed by atoms with E-state index in [1.807, 2.05) is 0 Å². The summed E-state index contributed by atoms with van der Waals surface area (Å²) in [6, 6.07) is 5.86. The van der Waals surface area contributed by atoms with E-state index < -0.39 is 5.82 Å². The molecule has 0 fully saturated rings. The predicted octanol–water partition coefficient (Wildman–Crippen LogP) is 2.21. The summed E-state index contributed by atoms with van der Waals surface area (Å²) in [6.45, 7) is 0.232. The first-order valence-electron chi connectivity index (χ1n) is 6.23. The molecule has 0 aliphatic rings. The summed E-state index contributed by atoms with van der Waals surface area (Å²) in [5.41, 5.74) is 0.906. The van der Waals surface area contributed by atoms with Gasteiger partial charge in [-0.3, -0.25) is 9.78 Å². The van der Waals surface area contributed by atoms with Crippen molar-refractivity contribution in [3.63, 3.8) is 0 Å². The Bertz CT molecular complexity index is 661. The lowest BCUT2D eigenvalue weighted by atomic mass is 10.2. The van der Waals surface area contributed by atoms with Crippen molar-refractivity contribution in [1.29, 1.82) is 0 Å². The number of benzene rings is 1. The number of rotatable bonds is 4. The number of pyridine rings is 1. The second-order valence-electron chi connectivity index (χ2n) is 4.56. The zero-order chi connectivity index (χ0) is 15.4. The largest absolute Gasteiger partial charge is 0.506 e. The van der Waals surface area contributed by atoms with Gasteiger partial charge in [0.15, 0.2) is 11.6 Å². The van der Waals surface area contributed by atoms with E-state index in [9.17, 15) is 14.3 Å². The molecule has 1 aromatic carbocycles. The Morgan fingerprint density at radius 3 is 2.76 bits per heavy atom. The molecule has 110 valence electrons. The molecule has 5 nitrogen and oxygen atoms in total. The average molecular weight is 290 g/mol. The van der Waals surface area contributed by atoms with E-state index in [-0.39, 0.29) is 29.5 Å². The van der Waals surface area contributed by atoms with Crippen LogP contribution in [0.3, 0.4) is 0 Å². The van der Waals surface area contributed by atoms with Crippen molar-refractivity contribution in [3.05, 3.63) is 53.6 Å². The van der Waals surface area contributed by atoms with Crippen LogP contribution in [0.4, 0.5) is 4.39 Å². The molecular weight excluding hydrogens is 275 g/mol. The Kier molecular flexibility index (Phi) is 4.37. The minimum atomic E-state index is -0.477. The molecule has 1 N–H and O–H groups in total. The van der Waals surface area contributed by atoms with Crippen molar-refractivity contribution in [2.24, 2.45) is 0 Å². The maximum Gasteiger partial charge on any atom is 0.255 e. The first kappa shape index (κ1) is 14.8. The lowest BCUT2D eigenvalue weighted by Gasteiger charge is -2.17. The summed E-state index contributed by atoms with van der Waals surface area (Å²) in [4.78, 5) is 17.3. The molecule has 0 radical (unpaired) electrons. The van der Waals surface area contributed by atoms with Crippen LogP contribution in [0.5, 0.6) is 11.5 Å². The van der Waals surface area contributed by atoms with Gasteiger partial charge in [-0.2, -0.15) is 0 Å². The maximum atomic E-state index is 13.6. The van der Waals surface area contributed by atoms with Gasteiger partial charge in [0.25, 0.3) is 5.91 Å². The van der Waals surface area contributed by atoms with Crippen molar-refractivity contribution >= 4 is 5.91 Å². The second kappa shape index (κ2) is 6.21. The number of ether oxygens (including phenoxy) is 1. The van der Waals surface area contributed by atoms with E-state index in [2.05, 4.69) is 4.98 Å². The summed E-state index contributed by atoms with van der Waals surface area (Å²) in [6.07, 6.45) is 2.61. The van der Waals surface area contributed by atoms with E-state index >= 15 is 0 Å². The molecule has 21 heavy (non-hydrogen) atoms. The van der Waals surface area contributed by atoms with Crippen LogP contribution in [-0.4, -0.2) is 35.1 Å². The monoisotopic (exact) mass is 290 g/mol. The van der Waals surface area contributed by atoms with Crippen molar-refractivity contribution in [3.8, 4) is 11.5 Å². The van der Waals surface area contributed by atoms with Gasteiger partial charge in [-0.1, -0.05) is 6.07 Å². The minimum absolute atomic E-state index is 0.0789. The van der Waals surface area contributed by atoms with Crippen LogP contribution in [0.1, 0.15) is 15.9 Å². The molecule has 1 amide bonds. The molecule has 0 aliphatic heterocycles. The Morgan fingerprint density at radius 2 is 2.14 bits per heavy atom. The van der Waals surface area contributed by atoms with Crippen molar-refractivity contribution in [2.75, 3.05) is 14.2 Å². The summed E-state index contributed by atoms with van der Waals surface area (Å²) in [7, 11) is 2.98. The topological polar surface area (TPSA) is 62.7 Å². The number of carbonyl (C=O) groups excluding carboxylic acids is 1. The van der Waals surface area contributed by atoms with E-state index in [0.29, 0.717) is 5.56 Å². The predicted molar refractivity (Wildman–Crippen MR) is 74.7 cm³/mol. The smallest absolute Gasteiger partial charge is 0.255 e. The van der Waals surface area contributed by atoms with Gasteiger partial charge in [0.1, 0.15) is 5.75 Å². The van der Waals surface area contributed by atoms with Gasteiger partial charge in [0, 0.05) is 19.8 Å². The highest BCUT2D eigenvalue weighted by atomic mass is 19.1. The summed E-state index contributed by atoms with van der Waals surface area (Å²) >= 11 is 0. The summed E-state index contributed by atoms with van der Waals surface area (Å²) in [5.74, 6) is -0.709. The normalized spacial score (nSPS) is 10.2. The molecule has 0 atom stereocenters. The molecule has 0 saturated heterocycles. The highest BCUT2D eigenvalue weighted by Gasteiger charge is 2.14. The van der Waals surface area contributed by atoms with Gasteiger partial charge < -0.3 is 14.7 Å². The molecule has 0 bridgehead atoms. The number of nitrogens with zero attached hydrogens (tertiary/aromatic N) is 2. The number of aromatic hydroxyl groups is 1. The molecule has 1 heterocycles. The lowest BCUT2D eigenvalue weighted by Crippen LogP contribution is -2.26. The Balaban J connectivity index is 2.12. The number of carbonyl (C=O) groups is 1. The van der Waals surface area contributed by atoms with E-state index in [0.717, 1.165) is 0 Å². The standard InChI is InChI=1S/C15H15FN2O3/c1-18(15(20)11-6-12(19)8-17-7-11)9-10-3-4-14(21-2)13(16)5-10/h3-8,19H,9H2,1-2H3. The van der Waals surface area contributed by atoms with Gasteiger partial charge in [-0.25, -0.2) is 4.39 Å². The number of methoxy groups -OCH3 is 1. The van der Waals surface area contributed by atoms with Gasteiger partial charge >= 0.3 is 0 Å². The molecule has 2 rings (SSSR count). The number of hydrogen-bond donors (Lipinski definition) is 1. The molecule has 6 heteroatoms. The Hall–Kier alpha value is -2.63. The minimum Gasteiger partial charge on any atom is -0.506 e. The first-order valence-corrected chi connectivity index (χ1v) is 6.23. The van der Waals surface area contributed by atoms with Gasteiger partial charge in [0.2, 0.25) is 0 Å². The van der Waals surface area contributed by atoms with Gasteiger partial charge in [-0.05, 0) is 23.8 Å². The van der Waals surface area contributed by atoms with Gasteiger partial charge in [0.05, 0.1) is 18.9 Å². The molecule has 0 saturated carbocycles. The van der Waals surface area contributed by atoms with Crippen LogP contribution < -0.4 is 4.74 Å². The highest BCUT2D eigenvalue weighted by molar-refractivity contribution is 5.94. The van der Waals surface area contributed by atoms with Crippen LogP contribution in [0.15, 0.2) is 36.7 Å². The quantitative estimate of drug-likeness (QED) is 0.937. The number of amides is 1. The average Bonchev–Trinajstić information content (AvgIpc) is 2.46. The van der Waals surface area contributed by atoms with Crippen molar-refractivity contribution < 1.29 is 19.0 Å². The Morgan fingerprint density at radius 1 is 1.38 bits per heavy atom. The highest BCUT2D eigenvalue weighted by Crippen LogP contribution is 2.19. The van der Waals surface area contributed by atoms with Crippen LogP contribution >= 0.6 is 0 Å². The van der Waals surface area contributed by atoms with Crippen LogP contribution in [0, 0.1) is 5.82 Å². The number of halogens is 1. The van der Waals surface area contributed by atoms with Crippen molar-refractivity contribution in [2.45, 2.75) is 6.54 Å². The summed E-state index contributed by atoms with van der Waals surface area (Å²) in [5, 5.41) is 9.33. The maximum absolute atomic E-state index is 13.6. The zero-order valence-corrected chi connectivity index (χ0v) is 11.7. The molecular formula is C15H15FN2O3. The van der Waals surface area contributed by atoms with E-state index in [1.54, 1.807) is 13.1 Å². The third-order valence-corrected chi connectivity index (χ3v) is 2.95. The Labute approximate surface area is 121 Å². The zero-order valence-electron chi connectivity index (χ0n) is 11.7. The van der Waals surface area contributed by atoms with E-state index in [1.165, 1.54) is 42.6 Å². The first-order chi connectivity index (χ1) is 10.0. The lowest BCUT2D eigenvalue weighted by molar-refractivity contribution is 0.0784. The van der Waals surface area contributed by atoms with Crippen LogP contribution in [0.2, 0.25) is 0 Å². The third kappa shape index (κ3) is 3.47. The second-order valence-corrected chi connectivity index (χ2v) is 4.56. The molecule has 0 aliphatic carbocycles. The van der Waals surface area contributed by atoms with Crippen LogP contribution in [0.25, 0.3) is 0 Å². The number of aromatic nitrogens is 1.